The third-order valence-corrected chi connectivity index (χ3v) is 9.08. The van der Waals surface area contributed by atoms with Crippen LogP contribution in [0.15, 0.2) is 0 Å². The van der Waals surface area contributed by atoms with Crippen molar-refractivity contribution in [3.63, 3.8) is 0 Å². The maximum Gasteiger partial charge on any atom is 0.302 e. The summed E-state index contributed by atoms with van der Waals surface area (Å²) < 4.78 is 11.5. The maximum atomic E-state index is 11.6. The number of fused-ring (bicyclic) bond motifs is 5. The van der Waals surface area contributed by atoms with Crippen molar-refractivity contribution in [1.29, 1.82) is 0 Å². The first kappa shape index (κ1) is 18.7. The number of aliphatic hydroxyl groups excluding tert-OH is 1. The molecule has 0 amide bonds. The summed E-state index contributed by atoms with van der Waals surface area (Å²) in [5.41, 5.74) is 0.417. The van der Waals surface area contributed by atoms with Crippen LogP contribution < -0.4 is 0 Å². The zero-order valence-corrected chi connectivity index (χ0v) is 16.7. The molecule has 8 atom stereocenters. The molecule has 4 aliphatic carbocycles. The van der Waals surface area contributed by atoms with E-state index in [2.05, 4.69) is 6.92 Å². The first-order chi connectivity index (χ1) is 12.4. The number of aliphatic hydroxyl groups is 1. The number of carbonyl (C=O) groups is 1. The largest absolute Gasteiger partial charge is 0.465 e. The predicted octanol–water partition coefficient (Wildman–Crippen LogP) is 3.95. The molecule has 4 nitrogen and oxygen atoms in total. The van der Waals surface area contributed by atoms with Gasteiger partial charge in [-0.2, -0.15) is 0 Å². The van der Waals surface area contributed by atoms with Crippen molar-refractivity contribution in [2.75, 3.05) is 13.7 Å². The standard InChI is InChI=1S/C22H36O4/c1-14(23)26-13-22-11-8-16(24)12-15(22)4-5-17-18-6-7-20(25-3)21(18,2)10-9-19(17)22/h15-20,24H,4-13H2,1-3H3/t15-,16+,17-,18-,19-,20-,21-,22+/m0/s1. The van der Waals surface area contributed by atoms with Crippen molar-refractivity contribution < 1.29 is 19.4 Å². The van der Waals surface area contributed by atoms with Crippen molar-refractivity contribution in [3.8, 4) is 0 Å². The quantitative estimate of drug-likeness (QED) is 0.771. The Bertz CT molecular complexity index is 548. The fourth-order valence-electron chi connectivity index (χ4n) is 7.88. The molecule has 4 saturated carbocycles. The van der Waals surface area contributed by atoms with Crippen LogP contribution in [0.2, 0.25) is 0 Å². The van der Waals surface area contributed by atoms with E-state index in [1.54, 1.807) is 0 Å². The molecule has 0 aromatic rings. The van der Waals surface area contributed by atoms with E-state index in [4.69, 9.17) is 9.47 Å². The minimum Gasteiger partial charge on any atom is -0.465 e. The van der Waals surface area contributed by atoms with E-state index >= 15 is 0 Å². The molecule has 26 heavy (non-hydrogen) atoms. The highest BCUT2D eigenvalue weighted by molar-refractivity contribution is 5.65. The van der Waals surface area contributed by atoms with Crippen molar-refractivity contribution in [2.24, 2.45) is 34.5 Å². The summed E-state index contributed by atoms with van der Waals surface area (Å²) in [4.78, 5) is 11.6. The number of ether oxygens (including phenoxy) is 2. The van der Waals surface area contributed by atoms with Crippen LogP contribution in [0.5, 0.6) is 0 Å². The van der Waals surface area contributed by atoms with Gasteiger partial charge in [0.15, 0.2) is 0 Å². The van der Waals surface area contributed by atoms with Crippen LogP contribution in [0, 0.1) is 34.5 Å². The molecule has 0 aliphatic heterocycles. The lowest BCUT2D eigenvalue weighted by Crippen LogP contribution is -2.57. The first-order valence-corrected chi connectivity index (χ1v) is 10.7. The second-order valence-corrected chi connectivity index (χ2v) is 9.94. The molecule has 4 fully saturated rings. The summed E-state index contributed by atoms with van der Waals surface area (Å²) >= 11 is 0. The van der Waals surface area contributed by atoms with Crippen LogP contribution in [0.25, 0.3) is 0 Å². The van der Waals surface area contributed by atoms with Gasteiger partial charge in [0.1, 0.15) is 0 Å². The Morgan fingerprint density at radius 1 is 1.08 bits per heavy atom. The molecule has 0 unspecified atom stereocenters. The molecule has 0 aromatic carbocycles. The third kappa shape index (κ3) is 2.74. The molecule has 0 spiro atoms. The van der Waals surface area contributed by atoms with Gasteiger partial charge in [-0.15, -0.1) is 0 Å². The summed E-state index contributed by atoms with van der Waals surface area (Å²) in [5, 5.41) is 10.3. The molecule has 0 radical (unpaired) electrons. The minimum absolute atomic E-state index is 0.0975. The summed E-state index contributed by atoms with van der Waals surface area (Å²) in [6, 6.07) is 0. The molecule has 1 N–H and O–H groups in total. The fourth-order valence-corrected chi connectivity index (χ4v) is 7.88. The summed E-state index contributed by atoms with van der Waals surface area (Å²) in [7, 11) is 1.88. The SMILES string of the molecule is CO[C@H]1CC[C@H]2[C@@H]3CC[C@H]4C[C@H](O)CC[C@]4(COC(C)=O)[C@H]3CC[C@]12C. The number of esters is 1. The average molecular weight is 365 g/mol. The van der Waals surface area contributed by atoms with Crippen molar-refractivity contribution in [2.45, 2.75) is 83.8 Å². The summed E-state index contributed by atoms with van der Waals surface area (Å²) in [6.45, 7) is 4.56. The van der Waals surface area contributed by atoms with Crippen molar-refractivity contribution >= 4 is 5.97 Å². The zero-order chi connectivity index (χ0) is 18.5. The molecule has 4 aliphatic rings. The van der Waals surface area contributed by atoms with E-state index in [0.29, 0.717) is 30.0 Å². The topological polar surface area (TPSA) is 55.8 Å². The molecule has 4 rings (SSSR count). The van der Waals surface area contributed by atoms with E-state index in [9.17, 15) is 9.90 Å². The van der Waals surface area contributed by atoms with Crippen LogP contribution in [-0.4, -0.2) is 37.0 Å². The lowest BCUT2D eigenvalue weighted by Gasteiger charge is -2.61. The Morgan fingerprint density at radius 3 is 2.62 bits per heavy atom. The molecule has 0 aromatic heterocycles. The molecule has 0 heterocycles. The predicted molar refractivity (Wildman–Crippen MR) is 99.5 cm³/mol. The van der Waals surface area contributed by atoms with Gasteiger partial charge in [-0.1, -0.05) is 6.92 Å². The van der Waals surface area contributed by atoms with Gasteiger partial charge >= 0.3 is 5.97 Å². The lowest BCUT2D eigenvalue weighted by molar-refractivity contribution is -0.177. The Labute approximate surface area is 158 Å². The van der Waals surface area contributed by atoms with E-state index < -0.39 is 0 Å². The van der Waals surface area contributed by atoms with Gasteiger partial charge in [0.25, 0.3) is 0 Å². The number of methoxy groups -OCH3 is 1. The first-order valence-electron chi connectivity index (χ1n) is 10.7. The molecule has 148 valence electrons. The zero-order valence-electron chi connectivity index (χ0n) is 16.7. The third-order valence-electron chi connectivity index (χ3n) is 9.08. The smallest absolute Gasteiger partial charge is 0.302 e. The Kier molecular flexibility index (Phi) is 4.88. The molecular formula is C22H36O4. The number of hydrogen-bond acceptors (Lipinski definition) is 4. The summed E-state index contributed by atoms with van der Waals surface area (Å²) in [5.74, 6) is 2.47. The summed E-state index contributed by atoms with van der Waals surface area (Å²) in [6.07, 6.45) is 10.4. The number of carbonyl (C=O) groups excluding carboxylic acids is 1. The van der Waals surface area contributed by atoms with E-state index in [1.807, 2.05) is 7.11 Å². The van der Waals surface area contributed by atoms with Crippen LogP contribution >= 0.6 is 0 Å². The number of rotatable bonds is 3. The molecule has 0 bridgehead atoms. The number of hydrogen-bond donors (Lipinski definition) is 1. The van der Waals surface area contributed by atoms with E-state index in [0.717, 1.165) is 31.1 Å². The normalized spacial score (nSPS) is 50.5. The minimum atomic E-state index is -0.166. The van der Waals surface area contributed by atoms with Gasteiger partial charge < -0.3 is 14.6 Å². The monoisotopic (exact) mass is 364 g/mol. The molecule has 4 heteroatoms. The van der Waals surface area contributed by atoms with Gasteiger partial charge in [-0.05, 0) is 86.9 Å². The van der Waals surface area contributed by atoms with E-state index in [1.165, 1.54) is 45.4 Å². The van der Waals surface area contributed by atoms with Gasteiger partial charge in [0.05, 0.1) is 18.8 Å². The Hall–Kier alpha value is -0.610. The lowest BCUT2D eigenvalue weighted by atomic mass is 9.44. The second-order valence-electron chi connectivity index (χ2n) is 9.94. The van der Waals surface area contributed by atoms with Gasteiger partial charge in [-0.25, -0.2) is 0 Å². The van der Waals surface area contributed by atoms with Crippen molar-refractivity contribution in [1.82, 2.24) is 0 Å². The highest BCUT2D eigenvalue weighted by Crippen LogP contribution is 2.66. The second kappa shape index (κ2) is 6.77. The molecule has 0 saturated heterocycles. The highest BCUT2D eigenvalue weighted by atomic mass is 16.5. The highest BCUT2D eigenvalue weighted by Gasteiger charge is 2.62. The maximum absolute atomic E-state index is 11.6. The van der Waals surface area contributed by atoms with Gasteiger partial charge in [-0.3, -0.25) is 4.79 Å². The van der Waals surface area contributed by atoms with E-state index in [-0.39, 0.29) is 17.5 Å². The van der Waals surface area contributed by atoms with Crippen LogP contribution in [0.3, 0.4) is 0 Å². The molecular weight excluding hydrogens is 328 g/mol. The van der Waals surface area contributed by atoms with Crippen molar-refractivity contribution in [3.05, 3.63) is 0 Å². The average Bonchev–Trinajstić information content (AvgIpc) is 2.96. The fraction of sp³-hybridized carbons (Fsp3) is 0.955. The van der Waals surface area contributed by atoms with Gasteiger partial charge in [0, 0.05) is 19.4 Å². The Morgan fingerprint density at radius 2 is 1.88 bits per heavy atom. The van der Waals surface area contributed by atoms with Crippen LogP contribution in [-0.2, 0) is 14.3 Å². The van der Waals surface area contributed by atoms with Crippen LogP contribution in [0.4, 0.5) is 0 Å². The van der Waals surface area contributed by atoms with Gasteiger partial charge in [0.2, 0.25) is 0 Å². The Balaban J connectivity index is 1.63. The van der Waals surface area contributed by atoms with Crippen LogP contribution in [0.1, 0.15) is 71.6 Å².